The Labute approximate surface area is 151 Å². The van der Waals surface area contributed by atoms with Crippen molar-refractivity contribution in [2.24, 2.45) is 0 Å². The van der Waals surface area contributed by atoms with Crippen molar-refractivity contribution in [3.05, 3.63) is 40.6 Å². The molecule has 2 amide bonds. The second kappa shape index (κ2) is 7.95. The molecule has 1 unspecified atom stereocenters. The maximum Gasteiger partial charge on any atom is 0.387 e. The van der Waals surface area contributed by atoms with Crippen molar-refractivity contribution >= 4 is 23.2 Å². The number of nitro groups is 1. The Kier molecular flexibility index (Phi) is 5.45. The van der Waals surface area contributed by atoms with Gasteiger partial charge in [0.15, 0.2) is 5.82 Å². The number of urea groups is 1. The molecule has 1 saturated heterocycles. The number of carbonyl (C=O) groups is 1. The van der Waals surface area contributed by atoms with Crippen LogP contribution in [-0.2, 0) is 0 Å². The van der Waals surface area contributed by atoms with Crippen molar-refractivity contribution in [2.45, 2.75) is 19.1 Å². The van der Waals surface area contributed by atoms with Crippen LogP contribution < -0.4 is 20.7 Å². The Morgan fingerprint density at radius 1 is 1.41 bits per heavy atom. The summed E-state index contributed by atoms with van der Waals surface area (Å²) in [6, 6.07) is 3.89. The molecule has 10 nitrogen and oxygen atoms in total. The number of benzene rings is 1. The number of amides is 2. The minimum Gasteiger partial charge on any atom is -0.433 e. The Morgan fingerprint density at radius 2 is 2.22 bits per heavy atom. The second-order valence-electron chi connectivity index (χ2n) is 5.72. The zero-order valence-electron chi connectivity index (χ0n) is 13.9. The normalized spacial score (nSPS) is 16.3. The van der Waals surface area contributed by atoms with E-state index < -0.39 is 23.3 Å². The number of ether oxygens (including phenoxy) is 1. The van der Waals surface area contributed by atoms with E-state index in [1.165, 1.54) is 0 Å². The standard InChI is InChI=1S/C15H16F2N6O4/c16-14(17)27-12-2-1-9(23(25)26)7-11(12)19-15(24)20-13-4-6-22(21-13)10-3-5-18-8-10/h1-2,4,6-7,10,14,18H,3,5,8H2,(H2,19,20,21,24). The van der Waals surface area contributed by atoms with Crippen LogP contribution in [0.3, 0.4) is 0 Å². The summed E-state index contributed by atoms with van der Waals surface area (Å²) in [6.07, 6.45) is 2.63. The molecule has 144 valence electrons. The number of nitrogens with zero attached hydrogens (tertiary/aromatic N) is 3. The highest BCUT2D eigenvalue weighted by Crippen LogP contribution is 2.30. The van der Waals surface area contributed by atoms with E-state index in [0.29, 0.717) is 0 Å². The van der Waals surface area contributed by atoms with E-state index in [1.54, 1.807) is 16.9 Å². The molecule has 27 heavy (non-hydrogen) atoms. The third-order valence-electron chi connectivity index (χ3n) is 3.90. The summed E-state index contributed by atoms with van der Waals surface area (Å²) in [6.45, 7) is -1.49. The van der Waals surface area contributed by atoms with Gasteiger partial charge in [-0.05, 0) is 19.0 Å². The van der Waals surface area contributed by atoms with E-state index in [0.717, 1.165) is 37.7 Å². The van der Waals surface area contributed by atoms with Crippen molar-refractivity contribution in [1.29, 1.82) is 0 Å². The lowest BCUT2D eigenvalue weighted by molar-refractivity contribution is -0.384. The molecule has 0 saturated carbocycles. The van der Waals surface area contributed by atoms with Crippen LogP contribution in [0.4, 0.5) is 30.8 Å². The van der Waals surface area contributed by atoms with E-state index >= 15 is 0 Å². The molecule has 2 aromatic rings. The van der Waals surface area contributed by atoms with Crippen molar-refractivity contribution in [3.8, 4) is 5.75 Å². The van der Waals surface area contributed by atoms with Gasteiger partial charge < -0.3 is 15.4 Å². The van der Waals surface area contributed by atoms with Crippen molar-refractivity contribution in [1.82, 2.24) is 15.1 Å². The largest absolute Gasteiger partial charge is 0.433 e. The highest BCUT2D eigenvalue weighted by Gasteiger charge is 2.19. The first-order chi connectivity index (χ1) is 12.9. The number of hydrogen-bond donors (Lipinski definition) is 3. The maximum atomic E-state index is 12.5. The van der Waals surface area contributed by atoms with Crippen molar-refractivity contribution in [3.63, 3.8) is 0 Å². The van der Waals surface area contributed by atoms with E-state index in [2.05, 4.69) is 25.8 Å². The number of non-ortho nitro benzene ring substituents is 1. The minimum atomic E-state index is -3.15. The molecule has 1 aliphatic heterocycles. The van der Waals surface area contributed by atoms with Crippen LogP contribution in [0, 0.1) is 10.1 Å². The smallest absolute Gasteiger partial charge is 0.387 e. The molecule has 12 heteroatoms. The molecule has 1 aromatic carbocycles. The van der Waals surface area contributed by atoms with E-state index in [-0.39, 0.29) is 23.2 Å². The van der Waals surface area contributed by atoms with Crippen LogP contribution in [0.15, 0.2) is 30.5 Å². The van der Waals surface area contributed by atoms with Gasteiger partial charge in [-0.3, -0.25) is 20.1 Å². The monoisotopic (exact) mass is 382 g/mol. The third-order valence-corrected chi connectivity index (χ3v) is 3.90. The summed E-state index contributed by atoms with van der Waals surface area (Å²) in [5, 5.41) is 23.0. The molecular weight excluding hydrogens is 366 g/mol. The molecule has 0 bridgehead atoms. The molecule has 1 fully saturated rings. The zero-order valence-corrected chi connectivity index (χ0v) is 13.9. The van der Waals surface area contributed by atoms with E-state index in [1.807, 2.05) is 0 Å². The van der Waals surface area contributed by atoms with Crippen molar-refractivity contribution < 1.29 is 23.2 Å². The Balaban J connectivity index is 1.70. The number of alkyl halides is 2. The molecule has 1 atom stereocenters. The average Bonchev–Trinajstić information content (AvgIpc) is 3.27. The lowest BCUT2D eigenvalue weighted by Gasteiger charge is -2.12. The summed E-state index contributed by atoms with van der Waals surface area (Å²) >= 11 is 0. The first-order valence-corrected chi connectivity index (χ1v) is 7.99. The molecule has 1 aromatic heterocycles. The van der Waals surface area contributed by atoms with Gasteiger partial charge >= 0.3 is 12.6 Å². The van der Waals surface area contributed by atoms with Gasteiger partial charge in [0.25, 0.3) is 5.69 Å². The first kappa shape index (κ1) is 18.5. The van der Waals surface area contributed by atoms with Gasteiger partial charge in [-0.1, -0.05) is 0 Å². The summed E-state index contributed by atoms with van der Waals surface area (Å²) in [5.74, 6) is -0.144. The number of rotatable bonds is 6. The number of nitrogens with one attached hydrogen (secondary N) is 3. The fraction of sp³-hybridized carbons (Fsp3) is 0.333. The second-order valence-corrected chi connectivity index (χ2v) is 5.72. The van der Waals surface area contributed by atoms with Crippen LogP contribution >= 0.6 is 0 Å². The molecule has 0 radical (unpaired) electrons. The van der Waals surface area contributed by atoms with Crippen LogP contribution in [-0.4, -0.2) is 40.4 Å². The Hall–Kier alpha value is -3.28. The maximum absolute atomic E-state index is 12.5. The van der Waals surface area contributed by atoms with Crippen LogP contribution in [0.5, 0.6) is 5.75 Å². The first-order valence-electron chi connectivity index (χ1n) is 7.99. The summed E-state index contributed by atoms with van der Waals surface area (Å²) in [4.78, 5) is 22.3. The predicted molar refractivity (Wildman–Crippen MR) is 91.1 cm³/mol. The van der Waals surface area contributed by atoms with Gasteiger partial charge in [0.05, 0.1) is 16.7 Å². The topological polar surface area (TPSA) is 123 Å². The fourth-order valence-electron chi connectivity index (χ4n) is 2.67. The number of carbonyl (C=O) groups excluding carboxylic acids is 1. The van der Waals surface area contributed by atoms with Gasteiger partial charge in [-0.2, -0.15) is 13.9 Å². The molecule has 1 aliphatic rings. The summed E-state index contributed by atoms with van der Waals surface area (Å²) < 4.78 is 31.0. The highest BCUT2D eigenvalue weighted by molar-refractivity contribution is 6.00. The molecule has 0 aliphatic carbocycles. The summed E-state index contributed by atoms with van der Waals surface area (Å²) in [5.41, 5.74) is -0.647. The van der Waals surface area contributed by atoms with Crippen molar-refractivity contribution in [2.75, 3.05) is 23.7 Å². The van der Waals surface area contributed by atoms with Crippen LogP contribution in [0.25, 0.3) is 0 Å². The molecule has 3 rings (SSSR count). The number of nitro benzene ring substituents is 1. The minimum absolute atomic E-state index is 0.187. The quantitative estimate of drug-likeness (QED) is 0.521. The van der Waals surface area contributed by atoms with E-state index in [4.69, 9.17) is 0 Å². The number of anilines is 2. The lowest BCUT2D eigenvalue weighted by atomic mass is 10.2. The Morgan fingerprint density at radius 3 is 2.89 bits per heavy atom. The van der Waals surface area contributed by atoms with Gasteiger partial charge in [-0.15, -0.1) is 0 Å². The van der Waals surface area contributed by atoms with Gasteiger partial charge in [0.1, 0.15) is 5.75 Å². The predicted octanol–water partition coefficient (Wildman–Crippen LogP) is 2.57. The number of hydrogen-bond acceptors (Lipinski definition) is 6. The zero-order chi connectivity index (χ0) is 19.4. The van der Waals surface area contributed by atoms with Gasteiger partial charge in [0, 0.05) is 30.9 Å². The number of aromatic nitrogens is 2. The SMILES string of the molecule is O=C(Nc1ccn(C2CCNC2)n1)Nc1cc([N+](=O)[O-])ccc1OC(F)F. The Bertz CT molecular complexity index is 837. The lowest BCUT2D eigenvalue weighted by Crippen LogP contribution is -2.21. The molecule has 2 heterocycles. The highest BCUT2D eigenvalue weighted by atomic mass is 19.3. The fourth-order valence-corrected chi connectivity index (χ4v) is 2.67. The average molecular weight is 382 g/mol. The van der Waals surface area contributed by atoms with Crippen LogP contribution in [0.1, 0.15) is 12.5 Å². The summed E-state index contributed by atoms with van der Waals surface area (Å²) in [7, 11) is 0. The van der Waals surface area contributed by atoms with Gasteiger partial charge in [-0.25, -0.2) is 4.79 Å². The molecular formula is C15H16F2N6O4. The molecule has 0 spiro atoms. The van der Waals surface area contributed by atoms with Crippen LogP contribution in [0.2, 0.25) is 0 Å². The van der Waals surface area contributed by atoms with Gasteiger partial charge in [0.2, 0.25) is 0 Å². The van der Waals surface area contributed by atoms with E-state index in [9.17, 15) is 23.7 Å². The number of halogens is 2. The third kappa shape index (κ3) is 4.67. The molecule has 3 N–H and O–H groups in total.